The van der Waals surface area contributed by atoms with Crippen LogP contribution < -0.4 is 10.1 Å². The van der Waals surface area contributed by atoms with Gasteiger partial charge in [0.15, 0.2) is 0 Å². The molecule has 0 unspecified atom stereocenters. The maximum absolute atomic E-state index is 6.18. The monoisotopic (exact) mass is 425 g/mol. The van der Waals surface area contributed by atoms with E-state index in [2.05, 4.69) is 5.32 Å². The molecule has 0 saturated heterocycles. The third-order valence-electron chi connectivity index (χ3n) is 3.70. The van der Waals surface area contributed by atoms with E-state index >= 15 is 0 Å². The first-order valence-corrected chi connectivity index (χ1v) is 9.37. The number of halogens is 4. The normalized spacial score (nSPS) is 10.6. The van der Waals surface area contributed by atoms with Crippen LogP contribution in [0.25, 0.3) is 0 Å². The molecule has 0 fully saturated rings. The molecule has 0 bridgehead atoms. The lowest BCUT2D eigenvalue weighted by Gasteiger charge is -2.11. The molecule has 0 aromatic heterocycles. The van der Waals surface area contributed by atoms with E-state index in [1.165, 1.54) is 0 Å². The van der Waals surface area contributed by atoms with Crippen LogP contribution in [0.3, 0.4) is 0 Å². The lowest BCUT2D eigenvalue weighted by atomic mass is 10.2. The van der Waals surface area contributed by atoms with Gasteiger partial charge in [0, 0.05) is 11.6 Å². The molecule has 0 heterocycles. The summed E-state index contributed by atoms with van der Waals surface area (Å²) in [6.07, 6.45) is 0. The minimum Gasteiger partial charge on any atom is -0.489 e. The minimum absolute atomic E-state index is 0.413. The van der Waals surface area contributed by atoms with Gasteiger partial charge in [-0.2, -0.15) is 0 Å². The van der Waals surface area contributed by atoms with Crippen molar-refractivity contribution in [1.29, 1.82) is 0 Å². The number of hydrogen-bond acceptors (Lipinski definition) is 2. The Kier molecular flexibility index (Phi) is 6.55. The van der Waals surface area contributed by atoms with E-state index < -0.39 is 0 Å². The maximum atomic E-state index is 6.18. The highest BCUT2D eigenvalue weighted by atomic mass is 35.5. The lowest BCUT2D eigenvalue weighted by Crippen LogP contribution is -2.01. The van der Waals surface area contributed by atoms with Crippen molar-refractivity contribution < 1.29 is 4.74 Å². The van der Waals surface area contributed by atoms with Gasteiger partial charge in [-0.1, -0.05) is 64.6 Å². The number of rotatable bonds is 6. The quantitative estimate of drug-likeness (QED) is 0.440. The van der Waals surface area contributed by atoms with Crippen LogP contribution in [0, 0.1) is 0 Å². The zero-order valence-corrected chi connectivity index (χ0v) is 16.6. The van der Waals surface area contributed by atoms with Crippen molar-refractivity contribution in [3.63, 3.8) is 0 Å². The third-order valence-corrected chi connectivity index (χ3v) is 4.99. The minimum atomic E-state index is 0.413. The van der Waals surface area contributed by atoms with Gasteiger partial charge in [0.25, 0.3) is 0 Å². The summed E-state index contributed by atoms with van der Waals surface area (Å²) in [6, 6.07) is 18.7. The number of anilines is 1. The van der Waals surface area contributed by atoms with Crippen LogP contribution in [0.2, 0.25) is 20.1 Å². The summed E-state index contributed by atoms with van der Waals surface area (Å²) in [5.74, 6) is 0.776. The van der Waals surface area contributed by atoms with Crippen LogP contribution >= 0.6 is 46.4 Å². The van der Waals surface area contributed by atoms with Crippen LogP contribution in [0.1, 0.15) is 11.1 Å². The average Bonchev–Trinajstić information content (AvgIpc) is 2.62. The van der Waals surface area contributed by atoms with E-state index in [1.807, 2.05) is 36.4 Å². The van der Waals surface area contributed by atoms with E-state index in [-0.39, 0.29) is 0 Å². The predicted octanol–water partition coefficient (Wildman–Crippen LogP) is 7.49. The summed E-state index contributed by atoms with van der Waals surface area (Å²) in [7, 11) is 0. The predicted molar refractivity (Wildman–Crippen MR) is 111 cm³/mol. The van der Waals surface area contributed by atoms with Crippen LogP contribution in [0.4, 0.5) is 5.69 Å². The SMILES string of the molecule is Clc1ccc(NCc2cccc(OCc3ccc(Cl)c(Cl)c3)c2)c(Cl)c1. The summed E-state index contributed by atoms with van der Waals surface area (Å²) in [6.45, 7) is 1.03. The van der Waals surface area contributed by atoms with Gasteiger partial charge in [-0.25, -0.2) is 0 Å². The van der Waals surface area contributed by atoms with Gasteiger partial charge in [0.1, 0.15) is 12.4 Å². The molecule has 6 heteroatoms. The fraction of sp³-hybridized carbons (Fsp3) is 0.100. The van der Waals surface area contributed by atoms with Crippen LogP contribution in [0.15, 0.2) is 60.7 Å². The summed E-state index contributed by atoms with van der Waals surface area (Å²) < 4.78 is 5.85. The topological polar surface area (TPSA) is 21.3 Å². The molecular weight excluding hydrogens is 412 g/mol. The molecule has 0 atom stereocenters. The summed E-state index contributed by atoms with van der Waals surface area (Å²) in [5.41, 5.74) is 2.86. The van der Waals surface area contributed by atoms with Crippen LogP contribution in [-0.2, 0) is 13.2 Å². The second-order valence-corrected chi connectivity index (χ2v) is 7.32. The first-order chi connectivity index (χ1) is 12.5. The lowest BCUT2D eigenvalue weighted by molar-refractivity contribution is 0.306. The largest absolute Gasteiger partial charge is 0.489 e. The van der Waals surface area contributed by atoms with E-state index in [0.717, 1.165) is 22.6 Å². The van der Waals surface area contributed by atoms with Crippen molar-refractivity contribution >= 4 is 52.1 Å². The standard InChI is InChI=1S/C20H15Cl4NO/c21-15-5-7-20(19(24)10-15)25-11-13-2-1-3-16(8-13)26-12-14-4-6-17(22)18(23)9-14/h1-10,25H,11-12H2. The van der Waals surface area contributed by atoms with Gasteiger partial charge >= 0.3 is 0 Å². The van der Waals surface area contributed by atoms with Crippen molar-refractivity contribution in [1.82, 2.24) is 0 Å². The molecule has 0 aliphatic heterocycles. The summed E-state index contributed by atoms with van der Waals surface area (Å²) in [5, 5.41) is 5.54. The molecular formula is C20H15Cl4NO. The van der Waals surface area contributed by atoms with Crippen molar-refractivity contribution in [2.75, 3.05) is 5.32 Å². The second-order valence-electron chi connectivity index (χ2n) is 5.66. The van der Waals surface area contributed by atoms with E-state index in [1.54, 1.807) is 24.3 Å². The maximum Gasteiger partial charge on any atom is 0.120 e. The molecule has 3 rings (SSSR count). The van der Waals surface area contributed by atoms with Gasteiger partial charge in [-0.05, 0) is 53.6 Å². The fourth-order valence-corrected chi connectivity index (χ4v) is 3.17. The molecule has 0 saturated carbocycles. The van der Waals surface area contributed by atoms with Crippen LogP contribution in [0.5, 0.6) is 5.75 Å². The Balaban J connectivity index is 1.61. The first-order valence-electron chi connectivity index (χ1n) is 7.86. The zero-order valence-electron chi connectivity index (χ0n) is 13.6. The van der Waals surface area contributed by atoms with E-state index in [9.17, 15) is 0 Å². The number of ether oxygens (including phenoxy) is 1. The summed E-state index contributed by atoms with van der Waals surface area (Å²) in [4.78, 5) is 0. The van der Waals surface area contributed by atoms with Crippen molar-refractivity contribution in [3.8, 4) is 5.75 Å². The number of nitrogens with one attached hydrogen (secondary N) is 1. The molecule has 0 aliphatic rings. The van der Waals surface area contributed by atoms with Crippen molar-refractivity contribution in [2.24, 2.45) is 0 Å². The second kappa shape index (κ2) is 8.88. The Morgan fingerprint density at radius 1 is 0.731 bits per heavy atom. The van der Waals surface area contributed by atoms with Crippen molar-refractivity contribution in [2.45, 2.75) is 13.2 Å². The molecule has 0 radical (unpaired) electrons. The molecule has 0 amide bonds. The highest BCUT2D eigenvalue weighted by Gasteiger charge is 2.04. The highest BCUT2D eigenvalue weighted by molar-refractivity contribution is 6.42. The molecule has 0 spiro atoms. The first kappa shape index (κ1) is 19.2. The summed E-state index contributed by atoms with van der Waals surface area (Å²) >= 11 is 24.0. The Morgan fingerprint density at radius 3 is 2.35 bits per heavy atom. The molecule has 0 aliphatic carbocycles. The van der Waals surface area contributed by atoms with Gasteiger partial charge in [0.05, 0.1) is 20.8 Å². The van der Waals surface area contributed by atoms with Gasteiger partial charge in [-0.3, -0.25) is 0 Å². The average molecular weight is 427 g/mol. The van der Waals surface area contributed by atoms with E-state index in [0.29, 0.717) is 33.2 Å². The van der Waals surface area contributed by atoms with E-state index in [4.69, 9.17) is 51.1 Å². The highest BCUT2D eigenvalue weighted by Crippen LogP contribution is 2.26. The smallest absolute Gasteiger partial charge is 0.120 e. The van der Waals surface area contributed by atoms with Crippen molar-refractivity contribution in [3.05, 3.63) is 91.9 Å². The molecule has 3 aromatic carbocycles. The fourth-order valence-electron chi connectivity index (χ4n) is 2.37. The van der Waals surface area contributed by atoms with Gasteiger partial charge in [-0.15, -0.1) is 0 Å². The molecule has 2 nitrogen and oxygen atoms in total. The molecule has 134 valence electrons. The Bertz CT molecular complexity index is 914. The Hall–Kier alpha value is -1.58. The number of benzene rings is 3. The Morgan fingerprint density at radius 2 is 1.58 bits per heavy atom. The zero-order chi connectivity index (χ0) is 18.5. The molecule has 3 aromatic rings. The van der Waals surface area contributed by atoms with Crippen LogP contribution in [-0.4, -0.2) is 0 Å². The molecule has 26 heavy (non-hydrogen) atoms. The van der Waals surface area contributed by atoms with Gasteiger partial charge < -0.3 is 10.1 Å². The molecule has 1 N–H and O–H groups in total. The number of hydrogen-bond donors (Lipinski definition) is 1. The third kappa shape index (κ3) is 5.21. The Labute approximate surface area is 172 Å². The van der Waals surface area contributed by atoms with Gasteiger partial charge in [0.2, 0.25) is 0 Å².